The van der Waals surface area contributed by atoms with Gasteiger partial charge in [0.1, 0.15) is 18.5 Å². The van der Waals surface area contributed by atoms with E-state index in [-0.39, 0.29) is 23.8 Å². The number of rotatable bonds is 6. The molecular weight excluding hydrogens is 445 g/mol. The molecule has 1 atom stereocenters. The van der Waals surface area contributed by atoms with Crippen LogP contribution in [0.5, 0.6) is 0 Å². The van der Waals surface area contributed by atoms with Crippen LogP contribution in [0.4, 0.5) is 9.18 Å². The zero-order chi connectivity index (χ0) is 24.4. The second-order valence-electron chi connectivity index (χ2n) is 10.4. The fraction of sp³-hybridized carbons (Fsp3) is 0.310. The number of carbonyl (C=O) groups is 2. The lowest BCUT2D eigenvalue weighted by atomic mass is 9.31. The molecular formula is C29H26FNO4. The number of hydrogen-bond donors (Lipinski definition) is 2. The summed E-state index contributed by atoms with van der Waals surface area (Å²) in [6.07, 6.45) is 1.12. The van der Waals surface area contributed by atoms with Gasteiger partial charge < -0.3 is 15.2 Å². The fourth-order valence-electron chi connectivity index (χ4n) is 6.64. The second kappa shape index (κ2) is 7.67. The zero-order valence-corrected chi connectivity index (χ0v) is 19.4. The molecule has 0 spiro atoms. The van der Waals surface area contributed by atoms with Crippen LogP contribution in [0, 0.1) is 18.2 Å². The van der Waals surface area contributed by atoms with Crippen molar-refractivity contribution >= 4 is 12.1 Å². The number of benzene rings is 3. The van der Waals surface area contributed by atoms with Crippen molar-refractivity contribution in [1.29, 1.82) is 0 Å². The molecule has 5 nitrogen and oxygen atoms in total. The summed E-state index contributed by atoms with van der Waals surface area (Å²) < 4.78 is 19.6. The summed E-state index contributed by atoms with van der Waals surface area (Å²) >= 11 is 0. The van der Waals surface area contributed by atoms with Crippen LogP contribution in [0.2, 0.25) is 0 Å². The largest absolute Gasteiger partial charge is 0.480 e. The van der Waals surface area contributed by atoms with Gasteiger partial charge in [0.25, 0.3) is 0 Å². The lowest BCUT2D eigenvalue weighted by molar-refractivity contribution is -0.183. The zero-order valence-electron chi connectivity index (χ0n) is 19.4. The molecule has 35 heavy (non-hydrogen) atoms. The van der Waals surface area contributed by atoms with E-state index in [1.165, 1.54) is 0 Å². The van der Waals surface area contributed by atoms with Crippen LogP contribution in [-0.4, -0.2) is 29.8 Å². The number of hydrogen-bond acceptors (Lipinski definition) is 3. The van der Waals surface area contributed by atoms with Gasteiger partial charge in [-0.15, -0.1) is 0 Å². The van der Waals surface area contributed by atoms with Crippen LogP contribution >= 0.6 is 0 Å². The van der Waals surface area contributed by atoms with Crippen molar-refractivity contribution in [2.45, 2.75) is 43.6 Å². The predicted molar refractivity (Wildman–Crippen MR) is 129 cm³/mol. The van der Waals surface area contributed by atoms with E-state index in [2.05, 4.69) is 17.4 Å². The summed E-state index contributed by atoms with van der Waals surface area (Å²) in [6.45, 7) is 1.85. The monoisotopic (exact) mass is 471 g/mol. The molecule has 3 saturated carbocycles. The molecule has 4 aliphatic carbocycles. The first-order valence-electron chi connectivity index (χ1n) is 11.9. The number of ether oxygens (including phenoxy) is 1. The Morgan fingerprint density at radius 2 is 1.63 bits per heavy atom. The van der Waals surface area contributed by atoms with E-state index in [0.29, 0.717) is 24.8 Å². The Labute approximate surface area is 202 Å². The normalized spacial score (nSPS) is 24.4. The maximum Gasteiger partial charge on any atom is 0.407 e. The lowest BCUT2D eigenvalue weighted by Crippen LogP contribution is -2.73. The molecule has 1 amide bonds. The van der Waals surface area contributed by atoms with E-state index in [9.17, 15) is 19.1 Å². The Morgan fingerprint density at radius 1 is 1.03 bits per heavy atom. The van der Waals surface area contributed by atoms with Gasteiger partial charge in [-0.1, -0.05) is 60.7 Å². The summed E-state index contributed by atoms with van der Waals surface area (Å²) in [7, 11) is 0. The van der Waals surface area contributed by atoms with Crippen LogP contribution in [0.25, 0.3) is 11.1 Å². The highest BCUT2D eigenvalue weighted by atomic mass is 19.1. The summed E-state index contributed by atoms with van der Waals surface area (Å²) in [4.78, 5) is 24.8. The standard InChI is InChI=1S/C29H26FNO4/c1-17-10-11-18(12-24(17)30)28-14-29(15-28,16-28)25(26(32)33)31-27(34)35-13-23-21-8-4-2-6-19(21)20-7-3-5-9-22(20)23/h2-12,23,25H,13-16H2,1H3,(H,31,34)(H,32,33). The Morgan fingerprint density at radius 3 is 2.20 bits per heavy atom. The highest BCUT2D eigenvalue weighted by Crippen LogP contribution is 2.75. The number of carboxylic acids is 1. The molecule has 178 valence electrons. The van der Waals surface area contributed by atoms with E-state index in [0.717, 1.165) is 27.8 Å². The number of carbonyl (C=O) groups excluding carboxylic acids is 1. The van der Waals surface area contributed by atoms with Crippen molar-refractivity contribution in [3.63, 3.8) is 0 Å². The molecule has 0 aromatic heterocycles. The highest BCUT2D eigenvalue weighted by molar-refractivity contribution is 5.82. The van der Waals surface area contributed by atoms with E-state index in [4.69, 9.17) is 4.74 Å². The molecule has 1 unspecified atom stereocenters. The topological polar surface area (TPSA) is 75.6 Å². The third-order valence-corrected chi connectivity index (χ3v) is 8.32. The quantitative estimate of drug-likeness (QED) is 0.494. The van der Waals surface area contributed by atoms with Gasteiger partial charge in [0.05, 0.1) is 0 Å². The third kappa shape index (κ3) is 3.27. The maximum absolute atomic E-state index is 14.1. The van der Waals surface area contributed by atoms with Crippen LogP contribution in [0.1, 0.15) is 47.4 Å². The summed E-state index contributed by atoms with van der Waals surface area (Å²) in [5.41, 5.74) is 5.26. The van der Waals surface area contributed by atoms with Gasteiger partial charge in [0.15, 0.2) is 0 Å². The average molecular weight is 472 g/mol. The molecule has 2 bridgehead atoms. The predicted octanol–water partition coefficient (Wildman–Crippen LogP) is 5.55. The minimum atomic E-state index is -1.07. The molecule has 6 heteroatoms. The number of halogens is 1. The van der Waals surface area contributed by atoms with E-state index in [1.807, 2.05) is 42.5 Å². The first kappa shape index (κ1) is 21.8. The maximum atomic E-state index is 14.1. The molecule has 0 saturated heterocycles. The Hall–Kier alpha value is -3.67. The number of carboxylic acid groups (broad SMARTS) is 1. The van der Waals surface area contributed by atoms with Gasteiger partial charge in [0.2, 0.25) is 0 Å². The van der Waals surface area contributed by atoms with Crippen molar-refractivity contribution < 1.29 is 23.8 Å². The van der Waals surface area contributed by atoms with Gasteiger partial charge in [0, 0.05) is 11.3 Å². The van der Waals surface area contributed by atoms with Crippen molar-refractivity contribution in [1.82, 2.24) is 5.32 Å². The molecule has 3 aromatic carbocycles. The van der Waals surface area contributed by atoms with E-state index in [1.54, 1.807) is 19.1 Å². The van der Waals surface area contributed by atoms with Crippen LogP contribution in [0.3, 0.4) is 0 Å². The second-order valence-corrected chi connectivity index (χ2v) is 10.4. The number of aliphatic carboxylic acids is 1. The van der Waals surface area contributed by atoms with Gasteiger partial charge in [-0.25, -0.2) is 14.0 Å². The lowest BCUT2D eigenvalue weighted by Gasteiger charge is -2.72. The van der Waals surface area contributed by atoms with Crippen molar-refractivity contribution in [3.05, 3.63) is 94.8 Å². The number of alkyl carbamates (subject to hydrolysis) is 1. The van der Waals surface area contributed by atoms with Gasteiger partial charge >= 0.3 is 12.1 Å². The highest BCUT2D eigenvalue weighted by Gasteiger charge is 2.72. The number of fused-ring (bicyclic) bond motifs is 3. The molecule has 0 radical (unpaired) electrons. The first-order valence-corrected chi connectivity index (χ1v) is 11.9. The molecule has 4 aliphatic rings. The van der Waals surface area contributed by atoms with Crippen molar-refractivity contribution in [2.24, 2.45) is 5.41 Å². The van der Waals surface area contributed by atoms with E-state index >= 15 is 0 Å². The van der Waals surface area contributed by atoms with Crippen LogP contribution in [-0.2, 0) is 14.9 Å². The van der Waals surface area contributed by atoms with Crippen LogP contribution in [0.15, 0.2) is 66.7 Å². The molecule has 3 aromatic rings. The van der Waals surface area contributed by atoms with Gasteiger partial charge in [-0.05, 0) is 71.0 Å². The first-order chi connectivity index (χ1) is 16.8. The van der Waals surface area contributed by atoms with Gasteiger partial charge in [-0.2, -0.15) is 0 Å². The minimum Gasteiger partial charge on any atom is -0.480 e. The summed E-state index contributed by atoms with van der Waals surface area (Å²) in [6, 6.07) is 20.3. The minimum absolute atomic E-state index is 0.0916. The smallest absolute Gasteiger partial charge is 0.407 e. The molecule has 2 N–H and O–H groups in total. The number of nitrogens with one attached hydrogen (secondary N) is 1. The third-order valence-electron chi connectivity index (χ3n) is 8.32. The molecule has 0 aliphatic heterocycles. The van der Waals surface area contributed by atoms with E-state index < -0.39 is 23.5 Å². The Bertz CT molecular complexity index is 1300. The molecule has 3 fully saturated rings. The number of amides is 1. The fourth-order valence-corrected chi connectivity index (χ4v) is 6.64. The van der Waals surface area contributed by atoms with Gasteiger partial charge in [-0.3, -0.25) is 0 Å². The van der Waals surface area contributed by atoms with Crippen molar-refractivity contribution in [2.75, 3.05) is 6.61 Å². The van der Waals surface area contributed by atoms with Crippen LogP contribution < -0.4 is 5.32 Å². The Kier molecular flexibility index (Phi) is 4.78. The van der Waals surface area contributed by atoms with Crippen molar-refractivity contribution in [3.8, 4) is 11.1 Å². The summed E-state index contributed by atoms with van der Waals surface area (Å²) in [5, 5.41) is 12.5. The SMILES string of the molecule is Cc1ccc(C23CC(C(NC(=O)OCC4c5ccccc5-c5ccccc54)C(=O)O)(C2)C3)cc1F. The Balaban J connectivity index is 1.13. The molecule has 7 rings (SSSR count). The average Bonchev–Trinajstić information content (AvgIpc) is 3.11. The summed E-state index contributed by atoms with van der Waals surface area (Å²) in [5.74, 6) is -1.40. The number of aryl methyl sites for hydroxylation is 1. The molecule has 0 heterocycles.